The Labute approximate surface area is 130 Å². The smallest absolute Gasteiger partial charge is 0.248 e. The number of likely N-dealkylation sites (tertiary alicyclic amines) is 1. The number of amides is 1. The van der Waals surface area contributed by atoms with Gasteiger partial charge in [0.25, 0.3) is 0 Å². The second kappa shape index (κ2) is 6.34. The van der Waals surface area contributed by atoms with Crippen molar-refractivity contribution in [3.63, 3.8) is 0 Å². The van der Waals surface area contributed by atoms with Gasteiger partial charge < -0.3 is 10.1 Å². The van der Waals surface area contributed by atoms with E-state index in [0.717, 1.165) is 43.1 Å². The Morgan fingerprint density at radius 1 is 1.48 bits per heavy atom. The average Bonchev–Trinajstić information content (AvgIpc) is 2.92. The fourth-order valence-corrected chi connectivity index (χ4v) is 3.53. The Kier molecular flexibility index (Phi) is 4.48. The van der Waals surface area contributed by atoms with Gasteiger partial charge in [0.2, 0.25) is 5.91 Å². The van der Waals surface area contributed by atoms with Crippen LogP contribution in [0.4, 0.5) is 0 Å². The Balaban J connectivity index is 1.60. The predicted molar refractivity (Wildman–Crippen MR) is 82.2 cm³/mol. The van der Waals surface area contributed by atoms with E-state index >= 15 is 0 Å². The van der Waals surface area contributed by atoms with Crippen LogP contribution in [0.5, 0.6) is 0 Å². The van der Waals surface area contributed by atoms with Gasteiger partial charge in [0, 0.05) is 25.2 Å². The van der Waals surface area contributed by atoms with E-state index in [1.807, 2.05) is 18.2 Å². The van der Waals surface area contributed by atoms with Gasteiger partial charge in [0.05, 0.1) is 6.10 Å². The maximum atomic E-state index is 11.7. The van der Waals surface area contributed by atoms with Gasteiger partial charge >= 0.3 is 0 Å². The van der Waals surface area contributed by atoms with Crippen molar-refractivity contribution >= 4 is 17.5 Å². The van der Waals surface area contributed by atoms with Crippen LogP contribution in [0.3, 0.4) is 0 Å². The Morgan fingerprint density at radius 3 is 3.05 bits per heavy atom. The second-order valence-corrected chi connectivity index (χ2v) is 6.30. The van der Waals surface area contributed by atoms with Gasteiger partial charge in [-0.15, -0.1) is 0 Å². The molecule has 2 aliphatic rings. The van der Waals surface area contributed by atoms with E-state index in [1.54, 1.807) is 7.05 Å². The fourth-order valence-electron chi connectivity index (χ4n) is 3.34. The molecule has 0 unspecified atom stereocenters. The first kappa shape index (κ1) is 14.8. The first-order chi connectivity index (χ1) is 10.2. The third-order valence-corrected chi connectivity index (χ3v) is 4.90. The van der Waals surface area contributed by atoms with E-state index in [0.29, 0.717) is 5.92 Å². The van der Waals surface area contributed by atoms with Crippen LogP contribution in [-0.2, 0) is 16.1 Å². The van der Waals surface area contributed by atoms with E-state index in [-0.39, 0.29) is 18.1 Å². The van der Waals surface area contributed by atoms with Gasteiger partial charge in [-0.3, -0.25) is 9.69 Å². The van der Waals surface area contributed by atoms with Crippen molar-refractivity contribution in [2.45, 2.75) is 31.6 Å². The molecular formula is C16H21ClN2O2. The van der Waals surface area contributed by atoms with E-state index in [9.17, 15) is 4.79 Å². The van der Waals surface area contributed by atoms with Crippen LogP contribution < -0.4 is 5.32 Å². The van der Waals surface area contributed by atoms with Crippen molar-refractivity contribution in [1.82, 2.24) is 10.2 Å². The van der Waals surface area contributed by atoms with Crippen LogP contribution in [-0.4, -0.2) is 43.2 Å². The van der Waals surface area contributed by atoms with Crippen LogP contribution >= 0.6 is 11.6 Å². The topological polar surface area (TPSA) is 41.6 Å². The zero-order chi connectivity index (χ0) is 14.8. The molecule has 1 aromatic carbocycles. The van der Waals surface area contributed by atoms with Gasteiger partial charge in [-0.05, 0) is 36.9 Å². The van der Waals surface area contributed by atoms with Gasteiger partial charge in [-0.25, -0.2) is 0 Å². The summed E-state index contributed by atoms with van der Waals surface area (Å²) in [5.74, 6) is 0.511. The molecule has 1 amide bonds. The lowest BCUT2D eigenvalue weighted by Gasteiger charge is -2.34. The van der Waals surface area contributed by atoms with Crippen LogP contribution in [0.2, 0.25) is 5.02 Å². The average molecular weight is 309 g/mol. The number of fused-ring (bicyclic) bond motifs is 1. The van der Waals surface area contributed by atoms with Gasteiger partial charge in [-0.1, -0.05) is 29.8 Å². The number of carbonyl (C=O) groups excluding carboxylic acids is 1. The molecule has 0 aromatic heterocycles. The lowest BCUT2D eigenvalue weighted by Crippen LogP contribution is -2.42. The van der Waals surface area contributed by atoms with Crippen molar-refractivity contribution in [1.29, 1.82) is 0 Å². The minimum atomic E-state index is -0.273. The first-order valence-electron chi connectivity index (χ1n) is 7.50. The zero-order valence-electron chi connectivity index (χ0n) is 12.2. The molecule has 5 heteroatoms. The molecule has 1 aromatic rings. The minimum absolute atomic E-state index is 0.00190. The summed E-state index contributed by atoms with van der Waals surface area (Å²) >= 11 is 6.23. The highest BCUT2D eigenvalue weighted by Gasteiger charge is 2.41. The second-order valence-electron chi connectivity index (χ2n) is 5.89. The zero-order valence-corrected chi connectivity index (χ0v) is 13.0. The highest BCUT2D eigenvalue weighted by Crippen LogP contribution is 2.34. The number of hydrogen-bond acceptors (Lipinski definition) is 3. The molecule has 2 aliphatic heterocycles. The molecule has 4 nitrogen and oxygen atoms in total. The molecule has 0 radical (unpaired) electrons. The molecule has 0 spiro atoms. The van der Waals surface area contributed by atoms with Crippen LogP contribution in [0, 0.1) is 5.92 Å². The number of benzene rings is 1. The summed E-state index contributed by atoms with van der Waals surface area (Å²) in [5, 5.41) is 3.50. The highest BCUT2D eigenvalue weighted by molar-refractivity contribution is 6.31. The summed E-state index contributed by atoms with van der Waals surface area (Å²) in [6, 6.07) is 7.96. The number of nitrogens with one attached hydrogen (secondary N) is 1. The third-order valence-electron chi connectivity index (χ3n) is 4.53. The van der Waals surface area contributed by atoms with Gasteiger partial charge in [0.1, 0.15) is 6.10 Å². The van der Waals surface area contributed by atoms with Crippen LogP contribution in [0.1, 0.15) is 18.4 Å². The standard InChI is InChI=1S/C16H21ClN2O2/c1-18-16(20)14-8-11-6-7-19(10-15(11)21-14)9-12-4-2-3-5-13(12)17/h2-5,11,14-15H,6-10H2,1H3,(H,18,20)/t11-,14+,15+/m1/s1. The molecule has 2 saturated heterocycles. The van der Waals surface area contributed by atoms with Crippen molar-refractivity contribution in [3.05, 3.63) is 34.9 Å². The molecule has 0 bridgehead atoms. The molecule has 21 heavy (non-hydrogen) atoms. The first-order valence-corrected chi connectivity index (χ1v) is 7.88. The van der Waals surface area contributed by atoms with Crippen molar-refractivity contribution in [2.24, 2.45) is 5.92 Å². The quantitative estimate of drug-likeness (QED) is 0.929. The van der Waals surface area contributed by atoms with E-state index in [4.69, 9.17) is 16.3 Å². The summed E-state index contributed by atoms with van der Waals surface area (Å²) in [5.41, 5.74) is 1.15. The molecule has 1 N–H and O–H groups in total. The summed E-state index contributed by atoms with van der Waals surface area (Å²) < 4.78 is 5.93. The van der Waals surface area contributed by atoms with Crippen molar-refractivity contribution in [2.75, 3.05) is 20.1 Å². The molecule has 2 fully saturated rings. The van der Waals surface area contributed by atoms with Gasteiger partial charge in [-0.2, -0.15) is 0 Å². The van der Waals surface area contributed by atoms with E-state index in [1.165, 1.54) is 0 Å². The minimum Gasteiger partial charge on any atom is -0.364 e. The van der Waals surface area contributed by atoms with Crippen molar-refractivity contribution in [3.8, 4) is 0 Å². The largest absolute Gasteiger partial charge is 0.364 e. The number of piperidine rings is 1. The predicted octanol–water partition coefficient (Wildman–Crippen LogP) is 2.07. The molecule has 0 aliphatic carbocycles. The third kappa shape index (κ3) is 3.23. The highest BCUT2D eigenvalue weighted by atomic mass is 35.5. The molecule has 3 rings (SSSR count). The molecule has 2 heterocycles. The summed E-state index contributed by atoms with van der Waals surface area (Å²) in [7, 11) is 1.66. The number of likely N-dealkylation sites (N-methyl/N-ethyl adjacent to an activating group) is 1. The number of ether oxygens (including phenoxy) is 1. The summed E-state index contributed by atoms with van der Waals surface area (Å²) in [6.45, 7) is 2.76. The van der Waals surface area contributed by atoms with E-state index in [2.05, 4.69) is 16.3 Å². The summed E-state index contributed by atoms with van der Waals surface area (Å²) in [4.78, 5) is 14.1. The molecule has 3 atom stereocenters. The normalized spacial score (nSPS) is 29.1. The van der Waals surface area contributed by atoms with Crippen LogP contribution in [0.25, 0.3) is 0 Å². The Morgan fingerprint density at radius 2 is 2.29 bits per heavy atom. The monoisotopic (exact) mass is 308 g/mol. The maximum absolute atomic E-state index is 11.7. The number of halogens is 1. The lowest BCUT2D eigenvalue weighted by atomic mass is 9.91. The van der Waals surface area contributed by atoms with E-state index < -0.39 is 0 Å². The van der Waals surface area contributed by atoms with Crippen molar-refractivity contribution < 1.29 is 9.53 Å². The number of rotatable bonds is 3. The summed E-state index contributed by atoms with van der Waals surface area (Å²) in [6.07, 6.45) is 1.83. The van der Waals surface area contributed by atoms with Gasteiger partial charge in [0.15, 0.2) is 0 Å². The SMILES string of the molecule is CNC(=O)[C@@H]1C[C@H]2CCN(Cc3ccccc3Cl)C[C@@H]2O1. The molecular weight excluding hydrogens is 288 g/mol. The molecule has 0 saturated carbocycles. The van der Waals surface area contributed by atoms with Crippen LogP contribution in [0.15, 0.2) is 24.3 Å². The maximum Gasteiger partial charge on any atom is 0.248 e. The molecule has 114 valence electrons. The fraction of sp³-hybridized carbons (Fsp3) is 0.562. The Bertz CT molecular complexity index is 523. The lowest BCUT2D eigenvalue weighted by molar-refractivity contribution is -0.132. The number of nitrogens with zero attached hydrogens (tertiary/aromatic N) is 1. The number of hydrogen-bond donors (Lipinski definition) is 1. The Hall–Kier alpha value is -1.10. The number of carbonyl (C=O) groups is 1.